The Kier molecular flexibility index (Phi) is 9.31. The fourth-order valence-electron chi connectivity index (χ4n) is 1.14. The van der Waals surface area contributed by atoms with Gasteiger partial charge in [-0.25, -0.2) is 0 Å². The van der Waals surface area contributed by atoms with E-state index in [1.165, 1.54) is 12.1 Å². The molecular formula is C11H14Cl4N2O2. The topological polar surface area (TPSA) is 64.3 Å². The van der Waals surface area contributed by atoms with E-state index in [1.807, 2.05) is 0 Å². The van der Waals surface area contributed by atoms with Crippen LogP contribution in [0.4, 0.5) is 0 Å². The monoisotopic (exact) mass is 346 g/mol. The van der Waals surface area contributed by atoms with Crippen molar-refractivity contribution in [3.8, 4) is 5.75 Å². The Morgan fingerprint density at radius 2 is 1.84 bits per heavy atom. The smallest absolute Gasteiger partial charge is 0.257 e. The van der Waals surface area contributed by atoms with Gasteiger partial charge in [0.1, 0.15) is 5.75 Å². The number of ether oxygens (including phenoxy) is 1. The minimum absolute atomic E-state index is 0. The van der Waals surface area contributed by atoms with E-state index in [9.17, 15) is 4.79 Å². The molecule has 0 aliphatic heterocycles. The van der Waals surface area contributed by atoms with E-state index >= 15 is 0 Å². The molecule has 0 aliphatic rings. The van der Waals surface area contributed by atoms with Crippen LogP contribution in [0.3, 0.4) is 0 Å². The molecule has 1 aromatic rings. The average molecular weight is 348 g/mol. The largest absolute Gasteiger partial charge is 0.482 e. The van der Waals surface area contributed by atoms with Crippen LogP contribution in [-0.2, 0) is 4.79 Å². The molecule has 0 fully saturated rings. The molecule has 1 rings (SSSR count). The summed E-state index contributed by atoms with van der Waals surface area (Å²) in [7, 11) is 0. The van der Waals surface area contributed by atoms with Crippen LogP contribution in [0.5, 0.6) is 5.75 Å². The first-order valence-electron chi connectivity index (χ1n) is 5.28. The van der Waals surface area contributed by atoms with Crippen molar-refractivity contribution in [1.82, 2.24) is 5.32 Å². The summed E-state index contributed by atoms with van der Waals surface area (Å²) in [6.45, 7) is 0.913. The van der Waals surface area contributed by atoms with Gasteiger partial charge in [-0.05, 0) is 19.0 Å². The van der Waals surface area contributed by atoms with E-state index < -0.39 is 0 Å². The van der Waals surface area contributed by atoms with Crippen molar-refractivity contribution in [2.45, 2.75) is 6.42 Å². The zero-order valence-corrected chi connectivity index (χ0v) is 13.0. The van der Waals surface area contributed by atoms with Crippen LogP contribution < -0.4 is 15.8 Å². The van der Waals surface area contributed by atoms with Crippen molar-refractivity contribution < 1.29 is 9.53 Å². The van der Waals surface area contributed by atoms with Gasteiger partial charge in [0.05, 0.1) is 15.1 Å². The molecule has 0 saturated heterocycles. The SMILES string of the molecule is Cl.NCCCNC(=O)COc1cc(Cl)c(Cl)cc1Cl. The second-order valence-electron chi connectivity index (χ2n) is 3.48. The summed E-state index contributed by atoms with van der Waals surface area (Å²) >= 11 is 17.5. The summed E-state index contributed by atoms with van der Waals surface area (Å²) < 4.78 is 5.25. The highest BCUT2D eigenvalue weighted by molar-refractivity contribution is 6.43. The first-order valence-corrected chi connectivity index (χ1v) is 6.42. The number of amides is 1. The first kappa shape index (κ1) is 18.6. The van der Waals surface area contributed by atoms with Gasteiger partial charge in [-0.1, -0.05) is 34.8 Å². The molecule has 1 amide bonds. The predicted molar refractivity (Wildman–Crippen MR) is 80.9 cm³/mol. The summed E-state index contributed by atoms with van der Waals surface area (Å²) in [6, 6.07) is 2.94. The van der Waals surface area contributed by atoms with Gasteiger partial charge in [0.25, 0.3) is 5.91 Å². The van der Waals surface area contributed by atoms with Crippen molar-refractivity contribution in [2.75, 3.05) is 19.7 Å². The van der Waals surface area contributed by atoms with E-state index in [4.69, 9.17) is 45.3 Å². The van der Waals surface area contributed by atoms with Gasteiger partial charge in [-0.3, -0.25) is 4.79 Å². The minimum Gasteiger partial charge on any atom is -0.482 e. The highest BCUT2D eigenvalue weighted by Gasteiger charge is 2.09. The lowest BCUT2D eigenvalue weighted by Gasteiger charge is -2.09. The van der Waals surface area contributed by atoms with Crippen molar-refractivity contribution >= 4 is 53.1 Å². The molecule has 4 nitrogen and oxygen atoms in total. The summed E-state index contributed by atoms with van der Waals surface area (Å²) in [6.07, 6.45) is 0.721. The Balaban J connectivity index is 0.00000324. The lowest BCUT2D eigenvalue weighted by Crippen LogP contribution is -2.30. The number of nitrogens with two attached hydrogens (primary N) is 1. The molecule has 0 heterocycles. The fourth-order valence-corrected chi connectivity index (χ4v) is 1.73. The lowest BCUT2D eigenvalue weighted by molar-refractivity contribution is -0.123. The third kappa shape index (κ3) is 6.54. The molecule has 3 N–H and O–H groups in total. The summed E-state index contributed by atoms with van der Waals surface area (Å²) in [5.74, 6) is 0.0747. The highest BCUT2D eigenvalue weighted by atomic mass is 35.5. The molecule has 0 spiro atoms. The molecule has 19 heavy (non-hydrogen) atoms. The van der Waals surface area contributed by atoms with Crippen molar-refractivity contribution in [3.63, 3.8) is 0 Å². The van der Waals surface area contributed by atoms with Gasteiger partial charge in [-0.15, -0.1) is 12.4 Å². The molecule has 0 aromatic heterocycles. The number of hydrogen-bond donors (Lipinski definition) is 2. The van der Waals surface area contributed by atoms with Gasteiger partial charge in [0.15, 0.2) is 6.61 Å². The number of hydrogen-bond acceptors (Lipinski definition) is 3. The normalized spacial score (nSPS) is 9.68. The molecule has 0 bridgehead atoms. The van der Waals surface area contributed by atoms with Gasteiger partial charge >= 0.3 is 0 Å². The number of halogens is 4. The zero-order valence-electron chi connectivity index (χ0n) is 9.92. The van der Waals surface area contributed by atoms with Gasteiger partial charge in [0, 0.05) is 12.6 Å². The van der Waals surface area contributed by atoms with E-state index in [0.717, 1.165) is 6.42 Å². The summed E-state index contributed by atoms with van der Waals surface area (Å²) in [5.41, 5.74) is 5.30. The van der Waals surface area contributed by atoms with Gasteiger partial charge < -0.3 is 15.8 Å². The van der Waals surface area contributed by atoms with E-state index in [-0.39, 0.29) is 24.9 Å². The third-order valence-electron chi connectivity index (χ3n) is 2.04. The quantitative estimate of drug-likeness (QED) is 0.614. The molecule has 0 unspecified atom stereocenters. The number of nitrogens with one attached hydrogen (secondary N) is 1. The van der Waals surface area contributed by atoms with Crippen LogP contribution in [0.2, 0.25) is 15.1 Å². The standard InChI is InChI=1S/C11H13Cl3N2O2.ClH/c12-7-4-9(14)10(5-8(7)13)18-6-11(17)16-3-1-2-15;/h4-5H,1-3,6,15H2,(H,16,17);1H. The van der Waals surface area contributed by atoms with E-state index in [2.05, 4.69) is 5.32 Å². The third-order valence-corrected chi connectivity index (χ3v) is 3.05. The highest BCUT2D eigenvalue weighted by Crippen LogP contribution is 2.33. The molecule has 1 aromatic carbocycles. The maximum atomic E-state index is 11.4. The number of carbonyl (C=O) groups is 1. The van der Waals surface area contributed by atoms with E-state index in [1.54, 1.807) is 0 Å². The van der Waals surface area contributed by atoms with Crippen molar-refractivity contribution in [3.05, 3.63) is 27.2 Å². The van der Waals surface area contributed by atoms with Gasteiger partial charge in [0.2, 0.25) is 0 Å². The molecule has 108 valence electrons. The van der Waals surface area contributed by atoms with E-state index in [0.29, 0.717) is 33.9 Å². The van der Waals surface area contributed by atoms with Crippen LogP contribution in [0.25, 0.3) is 0 Å². The Labute approximate surface area is 132 Å². The first-order chi connectivity index (χ1) is 8.54. The Hall–Kier alpha value is -0.390. The average Bonchev–Trinajstić information content (AvgIpc) is 2.32. The summed E-state index contributed by atoms with van der Waals surface area (Å²) in [5, 5.41) is 3.61. The maximum Gasteiger partial charge on any atom is 0.257 e. The molecule has 0 radical (unpaired) electrons. The lowest BCUT2D eigenvalue weighted by atomic mass is 10.3. The predicted octanol–water partition coefficient (Wildman–Crippen LogP) is 2.91. The molecule has 0 aliphatic carbocycles. The second-order valence-corrected chi connectivity index (χ2v) is 4.70. The van der Waals surface area contributed by atoms with Crippen LogP contribution in [0, 0.1) is 0 Å². The van der Waals surface area contributed by atoms with Crippen molar-refractivity contribution in [2.24, 2.45) is 5.73 Å². The van der Waals surface area contributed by atoms with Crippen molar-refractivity contribution in [1.29, 1.82) is 0 Å². The van der Waals surface area contributed by atoms with Crippen LogP contribution in [0.1, 0.15) is 6.42 Å². The Morgan fingerprint density at radius 3 is 2.47 bits per heavy atom. The molecule has 0 saturated carbocycles. The minimum atomic E-state index is -0.245. The zero-order chi connectivity index (χ0) is 13.5. The van der Waals surface area contributed by atoms with Crippen LogP contribution >= 0.6 is 47.2 Å². The molecule has 8 heteroatoms. The number of rotatable bonds is 6. The Morgan fingerprint density at radius 1 is 1.21 bits per heavy atom. The van der Waals surface area contributed by atoms with Crippen LogP contribution in [-0.4, -0.2) is 25.6 Å². The maximum absolute atomic E-state index is 11.4. The second kappa shape index (κ2) is 9.50. The van der Waals surface area contributed by atoms with Crippen LogP contribution in [0.15, 0.2) is 12.1 Å². The fraction of sp³-hybridized carbons (Fsp3) is 0.364. The number of benzene rings is 1. The molecule has 0 atom stereocenters. The summed E-state index contributed by atoms with van der Waals surface area (Å²) in [4.78, 5) is 11.4. The Bertz CT molecular complexity index is 429. The number of carbonyl (C=O) groups excluding carboxylic acids is 1. The molecular weight excluding hydrogens is 334 g/mol. The van der Waals surface area contributed by atoms with Gasteiger partial charge in [-0.2, -0.15) is 0 Å².